The van der Waals surface area contributed by atoms with Gasteiger partial charge in [0.05, 0.1) is 6.61 Å². The van der Waals surface area contributed by atoms with E-state index in [1.165, 1.54) is 0 Å². The Morgan fingerprint density at radius 3 is 2.56 bits per heavy atom. The third-order valence-corrected chi connectivity index (χ3v) is 2.41. The fourth-order valence-corrected chi connectivity index (χ4v) is 1.50. The molecule has 0 unspecified atom stereocenters. The van der Waals surface area contributed by atoms with Crippen LogP contribution in [0, 0.1) is 0 Å². The molecule has 0 atom stereocenters. The minimum Gasteiger partial charge on any atom is -0.494 e. The molecule has 0 aliphatic heterocycles. The summed E-state index contributed by atoms with van der Waals surface area (Å²) >= 11 is 0. The molecule has 0 saturated carbocycles. The molecule has 1 aromatic carbocycles. The maximum absolute atomic E-state index is 11.1. The van der Waals surface area contributed by atoms with Crippen LogP contribution in [0.4, 0.5) is 0 Å². The first-order valence-electron chi connectivity index (χ1n) is 5.67. The van der Waals surface area contributed by atoms with Gasteiger partial charge in [-0.3, -0.25) is 4.79 Å². The Balaban J connectivity index is 2.19. The average Bonchev–Trinajstić information content (AvgIpc) is 2.30. The third-order valence-electron chi connectivity index (χ3n) is 2.41. The normalized spacial score (nSPS) is 9.88. The molecule has 0 fully saturated rings. The maximum atomic E-state index is 11.1. The third kappa shape index (κ3) is 4.34. The first-order chi connectivity index (χ1) is 7.74. The van der Waals surface area contributed by atoms with Crippen LogP contribution in [0.3, 0.4) is 0 Å². The highest BCUT2D eigenvalue weighted by Gasteiger charge is 2.04. The van der Waals surface area contributed by atoms with Crippen LogP contribution >= 0.6 is 0 Å². The summed E-state index contributed by atoms with van der Waals surface area (Å²) in [5.41, 5.74) is 0. The fourth-order valence-electron chi connectivity index (χ4n) is 1.50. The zero-order valence-electron chi connectivity index (χ0n) is 9.98. The van der Waals surface area contributed by atoms with E-state index in [9.17, 15) is 4.79 Å². The van der Waals surface area contributed by atoms with E-state index in [0.29, 0.717) is 6.61 Å². The molecule has 88 valence electrons. The van der Waals surface area contributed by atoms with E-state index in [0.717, 1.165) is 25.3 Å². The lowest BCUT2D eigenvalue weighted by Gasteiger charge is -2.18. The van der Waals surface area contributed by atoms with Gasteiger partial charge in [0.1, 0.15) is 5.75 Å². The molecule has 0 aliphatic rings. The minimum atomic E-state index is 0.127. The van der Waals surface area contributed by atoms with Crippen LogP contribution in [0.1, 0.15) is 20.3 Å². The van der Waals surface area contributed by atoms with E-state index >= 15 is 0 Å². The summed E-state index contributed by atoms with van der Waals surface area (Å²) in [6.07, 6.45) is 0.863. The molecular formula is C13H19NO2. The molecule has 0 aliphatic carbocycles. The van der Waals surface area contributed by atoms with Crippen molar-refractivity contribution in [2.24, 2.45) is 0 Å². The number of para-hydroxylation sites is 1. The lowest BCUT2D eigenvalue weighted by atomic mass is 10.3. The highest BCUT2D eigenvalue weighted by Crippen LogP contribution is 2.08. The summed E-state index contributed by atoms with van der Waals surface area (Å²) in [5, 5.41) is 0. The van der Waals surface area contributed by atoms with Crippen LogP contribution in [-0.2, 0) is 4.79 Å². The molecule has 0 heterocycles. The molecule has 0 radical (unpaired) electrons. The van der Waals surface area contributed by atoms with Crippen molar-refractivity contribution >= 4 is 5.91 Å². The van der Waals surface area contributed by atoms with Crippen molar-refractivity contribution in [3.8, 4) is 5.75 Å². The topological polar surface area (TPSA) is 29.5 Å². The van der Waals surface area contributed by atoms with Gasteiger partial charge in [0.25, 0.3) is 0 Å². The summed E-state index contributed by atoms with van der Waals surface area (Å²) in [6, 6.07) is 9.72. The second-order valence-electron chi connectivity index (χ2n) is 3.61. The first-order valence-corrected chi connectivity index (χ1v) is 5.67. The molecule has 0 bridgehead atoms. The van der Waals surface area contributed by atoms with E-state index in [1.807, 2.05) is 42.2 Å². The molecule has 1 aromatic rings. The Kier molecular flexibility index (Phi) is 5.40. The van der Waals surface area contributed by atoms with E-state index in [1.54, 1.807) is 6.92 Å². The van der Waals surface area contributed by atoms with Crippen LogP contribution in [0.5, 0.6) is 5.75 Å². The van der Waals surface area contributed by atoms with Gasteiger partial charge in [-0.2, -0.15) is 0 Å². The van der Waals surface area contributed by atoms with Crippen LogP contribution in [-0.4, -0.2) is 30.5 Å². The van der Waals surface area contributed by atoms with Gasteiger partial charge in [-0.25, -0.2) is 0 Å². The van der Waals surface area contributed by atoms with Crippen molar-refractivity contribution in [1.29, 1.82) is 0 Å². The van der Waals surface area contributed by atoms with E-state index in [2.05, 4.69) is 0 Å². The number of hydrogen-bond donors (Lipinski definition) is 0. The predicted molar refractivity (Wildman–Crippen MR) is 64.5 cm³/mol. The minimum absolute atomic E-state index is 0.127. The van der Waals surface area contributed by atoms with Gasteiger partial charge in [-0.1, -0.05) is 18.2 Å². The van der Waals surface area contributed by atoms with E-state index < -0.39 is 0 Å². The van der Waals surface area contributed by atoms with Crippen LogP contribution in [0.25, 0.3) is 0 Å². The summed E-state index contributed by atoms with van der Waals surface area (Å²) in [7, 11) is 0. The van der Waals surface area contributed by atoms with Crippen molar-refractivity contribution in [1.82, 2.24) is 4.90 Å². The van der Waals surface area contributed by atoms with Gasteiger partial charge in [-0.15, -0.1) is 0 Å². The monoisotopic (exact) mass is 221 g/mol. The number of carbonyl (C=O) groups is 1. The van der Waals surface area contributed by atoms with Crippen molar-refractivity contribution < 1.29 is 9.53 Å². The lowest BCUT2D eigenvalue weighted by Crippen LogP contribution is -2.30. The second-order valence-corrected chi connectivity index (χ2v) is 3.61. The molecule has 1 amide bonds. The highest BCUT2D eigenvalue weighted by atomic mass is 16.5. The Hall–Kier alpha value is -1.51. The molecule has 3 heteroatoms. The number of nitrogens with zero attached hydrogens (tertiary/aromatic N) is 1. The quantitative estimate of drug-likeness (QED) is 0.690. The summed E-state index contributed by atoms with van der Waals surface area (Å²) in [5.74, 6) is 1.01. The van der Waals surface area contributed by atoms with Gasteiger partial charge in [0.2, 0.25) is 5.91 Å². The zero-order valence-corrected chi connectivity index (χ0v) is 9.98. The van der Waals surface area contributed by atoms with Crippen molar-refractivity contribution in [3.05, 3.63) is 30.3 Å². The summed E-state index contributed by atoms with van der Waals surface area (Å²) in [6.45, 7) is 5.76. The average molecular weight is 221 g/mol. The van der Waals surface area contributed by atoms with Crippen molar-refractivity contribution in [2.75, 3.05) is 19.7 Å². The summed E-state index contributed by atoms with van der Waals surface area (Å²) in [4.78, 5) is 12.9. The van der Waals surface area contributed by atoms with Crippen LogP contribution in [0.2, 0.25) is 0 Å². The summed E-state index contributed by atoms with van der Waals surface area (Å²) < 4.78 is 5.54. The Bertz CT molecular complexity index is 311. The maximum Gasteiger partial charge on any atom is 0.219 e. The second kappa shape index (κ2) is 6.88. The lowest BCUT2D eigenvalue weighted by molar-refractivity contribution is -0.128. The largest absolute Gasteiger partial charge is 0.494 e. The Morgan fingerprint density at radius 1 is 1.31 bits per heavy atom. The van der Waals surface area contributed by atoms with Gasteiger partial charge < -0.3 is 9.64 Å². The van der Waals surface area contributed by atoms with E-state index in [4.69, 9.17) is 4.74 Å². The molecule has 0 saturated heterocycles. The van der Waals surface area contributed by atoms with Crippen molar-refractivity contribution in [3.63, 3.8) is 0 Å². The molecular weight excluding hydrogens is 202 g/mol. The molecule has 0 aromatic heterocycles. The smallest absolute Gasteiger partial charge is 0.219 e. The number of hydrogen-bond acceptors (Lipinski definition) is 2. The SMILES string of the molecule is CCN(CCCOc1ccccc1)C(C)=O. The van der Waals surface area contributed by atoms with Gasteiger partial charge in [0.15, 0.2) is 0 Å². The molecule has 0 N–H and O–H groups in total. The standard InChI is InChI=1S/C13H19NO2/c1-3-14(12(2)15)10-7-11-16-13-8-5-4-6-9-13/h4-6,8-9H,3,7,10-11H2,1-2H3. The number of rotatable bonds is 6. The number of amides is 1. The Morgan fingerprint density at radius 2 is 2.00 bits per heavy atom. The Labute approximate surface area is 97.0 Å². The molecule has 0 spiro atoms. The fraction of sp³-hybridized carbons (Fsp3) is 0.462. The zero-order chi connectivity index (χ0) is 11.8. The highest BCUT2D eigenvalue weighted by molar-refractivity contribution is 5.73. The number of ether oxygens (including phenoxy) is 1. The van der Waals surface area contributed by atoms with Crippen LogP contribution in [0.15, 0.2) is 30.3 Å². The molecule has 16 heavy (non-hydrogen) atoms. The van der Waals surface area contributed by atoms with Crippen molar-refractivity contribution in [2.45, 2.75) is 20.3 Å². The molecule has 1 rings (SSSR count). The van der Waals surface area contributed by atoms with Gasteiger partial charge in [0, 0.05) is 20.0 Å². The first kappa shape index (κ1) is 12.6. The van der Waals surface area contributed by atoms with Gasteiger partial charge in [-0.05, 0) is 25.5 Å². The molecule has 3 nitrogen and oxygen atoms in total. The number of carbonyl (C=O) groups excluding carboxylic acids is 1. The van der Waals surface area contributed by atoms with Gasteiger partial charge >= 0.3 is 0 Å². The predicted octanol–water partition coefficient (Wildman–Crippen LogP) is 2.32. The van der Waals surface area contributed by atoms with Crippen LogP contribution < -0.4 is 4.74 Å². The van der Waals surface area contributed by atoms with E-state index in [-0.39, 0.29) is 5.91 Å². The number of benzene rings is 1.